The van der Waals surface area contributed by atoms with Crippen LogP contribution < -0.4 is 10.1 Å². The van der Waals surface area contributed by atoms with Crippen LogP contribution in [0.3, 0.4) is 0 Å². The molecule has 10 heteroatoms. The zero-order valence-corrected chi connectivity index (χ0v) is 29.5. The van der Waals surface area contributed by atoms with Gasteiger partial charge in [0.05, 0.1) is 37.5 Å². The number of carbonyl (C=O) groups is 2. The standard InChI is InChI=1S/C42H49N3O7/c46-38(37(27-31-9-3-1-4-10-31)43-42(49)52-30-33-11-5-2-6-12-33)19-20-40(48)45(41-36-14-8-7-13-34(36)28-39(41)47)29-32-15-17-35(18-16-32)51-26-23-44-21-24-50-25-22-44/h1-18,37-39,41,46-47H,19-30H2,(H,43,49)/t37-,38-,39+,41-/m0/s1. The van der Waals surface area contributed by atoms with Gasteiger partial charge < -0.3 is 34.6 Å². The summed E-state index contributed by atoms with van der Waals surface area (Å²) in [5, 5.41) is 25.6. The molecule has 2 amide bonds. The second-order valence-electron chi connectivity index (χ2n) is 13.5. The van der Waals surface area contributed by atoms with Gasteiger partial charge in [-0.3, -0.25) is 9.69 Å². The lowest BCUT2D eigenvalue weighted by Gasteiger charge is -2.33. The van der Waals surface area contributed by atoms with Crippen molar-refractivity contribution in [3.63, 3.8) is 0 Å². The minimum absolute atomic E-state index is 0.0152. The largest absolute Gasteiger partial charge is 0.492 e. The van der Waals surface area contributed by atoms with Gasteiger partial charge in [0.15, 0.2) is 0 Å². The van der Waals surface area contributed by atoms with E-state index in [2.05, 4.69) is 10.2 Å². The number of alkyl carbamates (subject to hydrolysis) is 1. The van der Waals surface area contributed by atoms with Crippen LogP contribution in [-0.2, 0) is 40.3 Å². The van der Waals surface area contributed by atoms with E-state index in [1.807, 2.05) is 109 Å². The average molecular weight is 708 g/mol. The molecule has 0 aromatic heterocycles. The van der Waals surface area contributed by atoms with E-state index >= 15 is 0 Å². The van der Waals surface area contributed by atoms with Crippen molar-refractivity contribution in [1.29, 1.82) is 0 Å². The maximum Gasteiger partial charge on any atom is 0.407 e. The Morgan fingerprint density at radius 1 is 0.865 bits per heavy atom. The van der Waals surface area contributed by atoms with Crippen molar-refractivity contribution in [2.75, 3.05) is 39.5 Å². The van der Waals surface area contributed by atoms with Gasteiger partial charge in [-0.15, -0.1) is 0 Å². The molecule has 3 N–H and O–H groups in total. The van der Waals surface area contributed by atoms with Gasteiger partial charge >= 0.3 is 6.09 Å². The molecule has 1 heterocycles. The summed E-state index contributed by atoms with van der Waals surface area (Å²) >= 11 is 0. The van der Waals surface area contributed by atoms with Crippen LogP contribution in [0, 0.1) is 0 Å². The third-order valence-corrected chi connectivity index (χ3v) is 9.81. The molecular formula is C42H49N3O7. The smallest absolute Gasteiger partial charge is 0.407 e. The van der Waals surface area contributed by atoms with Crippen LogP contribution in [0.1, 0.15) is 46.7 Å². The lowest BCUT2D eigenvalue weighted by molar-refractivity contribution is -0.137. The fourth-order valence-electron chi connectivity index (χ4n) is 6.96. The molecule has 4 aromatic rings. The third-order valence-electron chi connectivity index (χ3n) is 9.81. The van der Waals surface area contributed by atoms with E-state index < -0.39 is 30.4 Å². The second kappa shape index (κ2) is 18.7. The van der Waals surface area contributed by atoms with Crippen LogP contribution in [0.25, 0.3) is 0 Å². The van der Waals surface area contributed by atoms with Gasteiger partial charge in [-0.1, -0.05) is 97.1 Å². The first kappa shape index (κ1) is 37.0. The fraction of sp³-hybridized carbons (Fsp3) is 0.381. The Morgan fingerprint density at radius 2 is 1.54 bits per heavy atom. The molecule has 52 heavy (non-hydrogen) atoms. The molecule has 1 aliphatic heterocycles. The first-order valence-corrected chi connectivity index (χ1v) is 18.2. The molecule has 1 fully saturated rings. The van der Waals surface area contributed by atoms with Crippen LogP contribution in [-0.4, -0.2) is 89.7 Å². The number of fused-ring (bicyclic) bond motifs is 1. The third kappa shape index (κ3) is 10.4. The lowest BCUT2D eigenvalue weighted by Crippen LogP contribution is -2.46. The summed E-state index contributed by atoms with van der Waals surface area (Å²) in [5.74, 6) is 0.555. The number of amides is 2. The normalized spacial score (nSPS) is 18.2. The highest BCUT2D eigenvalue weighted by atomic mass is 16.5. The molecule has 4 aromatic carbocycles. The van der Waals surface area contributed by atoms with E-state index in [-0.39, 0.29) is 31.9 Å². The number of rotatable bonds is 16. The van der Waals surface area contributed by atoms with E-state index in [4.69, 9.17) is 14.2 Å². The van der Waals surface area contributed by atoms with Crippen molar-refractivity contribution < 1.29 is 34.0 Å². The Morgan fingerprint density at radius 3 is 2.27 bits per heavy atom. The van der Waals surface area contributed by atoms with Gasteiger partial charge in [0.1, 0.15) is 19.0 Å². The van der Waals surface area contributed by atoms with Crippen LogP contribution in [0.5, 0.6) is 5.75 Å². The zero-order chi connectivity index (χ0) is 36.1. The van der Waals surface area contributed by atoms with Gasteiger partial charge in [-0.05, 0) is 52.8 Å². The molecule has 274 valence electrons. The molecule has 0 saturated carbocycles. The van der Waals surface area contributed by atoms with Crippen LogP contribution in [0.15, 0.2) is 109 Å². The second-order valence-corrected chi connectivity index (χ2v) is 13.5. The Hall–Kier alpha value is -4.74. The van der Waals surface area contributed by atoms with Gasteiger partial charge in [-0.25, -0.2) is 4.79 Å². The monoisotopic (exact) mass is 707 g/mol. The molecule has 4 atom stereocenters. The molecule has 0 unspecified atom stereocenters. The molecule has 6 rings (SSSR count). The number of benzene rings is 4. The number of hydrogen-bond acceptors (Lipinski definition) is 8. The first-order valence-electron chi connectivity index (χ1n) is 18.2. The molecular weight excluding hydrogens is 658 g/mol. The number of hydrogen-bond donors (Lipinski definition) is 3. The van der Waals surface area contributed by atoms with E-state index in [1.54, 1.807) is 4.90 Å². The summed E-state index contributed by atoms with van der Waals surface area (Å²) in [6.45, 7) is 5.08. The van der Waals surface area contributed by atoms with Crippen molar-refractivity contribution in [2.45, 2.75) is 63.1 Å². The highest BCUT2D eigenvalue weighted by Gasteiger charge is 2.38. The zero-order valence-electron chi connectivity index (χ0n) is 29.5. The predicted molar refractivity (Wildman–Crippen MR) is 198 cm³/mol. The number of nitrogens with zero attached hydrogens (tertiary/aromatic N) is 2. The topological polar surface area (TPSA) is 121 Å². The molecule has 0 bridgehead atoms. The average Bonchev–Trinajstić information content (AvgIpc) is 3.51. The molecule has 1 aliphatic carbocycles. The summed E-state index contributed by atoms with van der Waals surface area (Å²) in [5.41, 5.74) is 4.63. The number of nitrogens with one attached hydrogen (secondary N) is 1. The lowest BCUT2D eigenvalue weighted by atomic mass is 9.97. The number of carbonyl (C=O) groups excluding carboxylic acids is 2. The molecule has 10 nitrogen and oxygen atoms in total. The minimum atomic E-state index is -1.04. The summed E-state index contributed by atoms with van der Waals surface area (Å²) in [4.78, 5) is 31.1. The van der Waals surface area contributed by atoms with Gasteiger partial charge in [0, 0.05) is 39.0 Å². The van der Waals surface area contributed by atoms with Crippen LogP contribution >= 0.6 is 0 Å². The van der Waals surface area contributed by atoms with Crippen molar-refractivity contribution >= 4 is 12.0 Å². The molecule has 2 aliphatic rings. The fourth-order valence-corrected chi connectivity index (χ4v) is 6.96. The van der Waals surface area contributed by atoms with Crippen molar-refractivity contribution in [1.82, 2.24) is 15.1 Å². The highest BCUT2D eigenvalue weighted by molar-refractivity contribution is 5.77. The van der Waals surface area contributed by atoms with Crippen molar-refractivity contribution in [3.05, 3.63) is 137 Å². The number of aliphatic hydroxyl groups excluding tert-OH is 2. The summed E-state index contributed by atoms with van der Waals surface area (Å²) in [6.07, 6.45) is -1.51. The molecule has 1 saturated heterocycles. The van der Waals surface area contributed by atoms with Gasteiger partial charge in [-0.2, -0.15) is 0 Å². The Kier molecular flexibility index (Phi) is 13.3. The Labute approximate surface area is 305 Å². The van der Waals surface area contributed by atoms with Gasteiger partial charge in [0.2, 0.25) is 5.91 Å². The highest BCUT2D eigenvalue weighted by Crippen LogP contribution is 2.37. The van der Waals surface area contributed by atoms with Gasteiger partial charge in [0.25, 0.3) is 0 Å². The predicted octanol–water partition coefficient (Wildman–Crippen LogP) is 5.06. The Balaban J connectivity index is 1.12. The molecule has 0 spiro atoms. The summed E-state index contributed by atoms with van der Waals surface area (Å²) in [6, 6.07) is 33.3. The van der Waals surface area contributed by atoms with Crippen LogP contribution in [0.2, 0.25) is 0 Å². The number of aliphatic hydroxyl groups is 2. The Bertz CT molecular complexity index is 1700. The summed E-state index contributed by atoms with van der Waals surface area (Å²) in [7, 11) is 0. The summed E-state index contributed by atoms with van der Waals surface area (Å²) < 4.78 is 16.9. The SMILES string of the molecule is O=C(N[C@@H](Cc1ccccc1)[C@@H](O)CCC(=O)N(Cc1ccc(OCCN2CCOCC2)cc1)[C@H]1c2ccccc2C[C@H]1O)OCc1ccccc1. The van der Waals surface area contributed by atoms with E-state index in [0.29, 0.717) is 19.4 Å². The number of ether oxygens (including phenoxy) is 3. The number of morpholine rings is 1. The van der Waals surface area contributed by atoms with E-state index in [9.17, 15) is 19.8 Å². The van der Waals surface area contributed by atoms with Crippen molar-refractivity contribution in [3.8, 4) is 5.75 Å². The van der Waals surface area contributed by atoms with Crippen molar-refractivity contribution in [2.24, 2.45) is 0 Å². The first-order chi connectivity index (χ1) is 25.4. The maximum absolute atomic E-state index is 14.2. The quantitative estimate of drug-likeness (QED) is 0.148. The minimum Gasteiger partial charge on any atom is -0.492 e. The van der Waals surface area contributed by atoms with E-state index in [0.717, 1.165) is 66.4 Å². The van der Waals surface area contributed by atoms with E-state index in [1.165, 1.54) is 0 Å². The maximum atomic E-state index is 14.2. The van der Waals surface area contributed by atoms with Crippen LogP contribution in [0.4, 0.5) is 4.79 Å². The molecule has 0 radical (unpaired) electrons.